The van der Waals surface area contributed by atoms with E-state index in [9.17, 15) is 14.9 Å². The van der Waals surface area contributed by atoms with Gasteiger partial charge in [0.2, 0.25) is 5.89 Å². The van der Waals surface area contributed by atoms with Gasteiger partial charge in [0.05, 0.1) is 4.92 Å². The molecule has 0 spiro atoms. The Bertz CT molecular complexity index is 972. The Morgan fingerprint density at radius 3 is 2.50 bits per heavy atom. The Hall–Kier alpha value is -3.46. The molecule has 1 aromatic heterocycles. The Labute approximate surface area is 164 Å². The van der Waals surface area contributed by atoms with Crippen molar-refractivity contribution in [3.8, 4) is 17.2 Å². The number of non-ortho nitro benzene ring substituents is 1. The van der Waals surface area contributed by atoms with Crippen molar-refractivity contribution in [2.24, 2.45) is 0 Å². The van der Waals surface area contributed by atoms with E-state index in [-0.39, 0.29) is 24.1 Å². The van der Waals surface area contributed by atoms with E-state index < -0.39 is 17.0 Å². The number of ether oxygens (including phenoxy) is 2. The van der Waals surface area contributed by atoms with E-state index in [1.807, 2.05) is 0 Å². The summed E-state index contributed by atoms with van der Waals surface area (Å²) in [5.74, 6) is 0.114. The molecule has 1 atom stereocenters. The van der Waals surface area contributed by atoms with Crippen molar-refractivity contribution in [1.82, 2.24) is 10.2 Å². The van der Waals surface area contributed by atoms with Crippen LogP contribution in [0.1, 0.15) is 18.9 Å². The summed E-state index contributed by atoms with van der Waals surface area (Å²) in [4.78, 5) is 22.1. The van der Waals surface area contributed by atoms with Crippen molar-refractivity contribution in [2.75, 3.05) is 6.61 Å². The van der Waals surface area contributed by atoms with E-state index in [1.54, 1.807) is 31.2 Å². The second kappa shape index (κ2) is 8.49. The highest BCUT2D eigenvalue weighted by Gasteiger charge is 2.19. The lowest BCUT2D eigenvalue weighted by Crippen LogP contribution is -2.17. The fraction of sp³-hybridized carbons (Fsp3) is 0.167. The molecule has 2 aromatic carbocycles. The molecule has 0 aliphatic heterocycles. The van der Waals surface area contributed by atoms with Gasteiger partial charge in [-0.25, -0.2) is 4.79 Å². The monoisotopic (exact) mass is 403 g/mol. The number of rotatable bonds is 7. The molecule has 10 heteroatoms. The van der Waals surface area contributed by atoms with Crippen LogP contribution in [0.25, 0.3) is 11.5 Å². The van der Waals surface area contributed by atoms with Gasteiger partial charge in [-0.1, -0.05) is 11.6 Å². The molecule has 1 heterocycles. The molecule has 28 heavy (non-hydrogen) atoms. The predicted octanol–water partition coefficient (Wildman–Crippen LogP) is 3.98. The number of nitro groups is 1. The number of hydrogen-bond donors (Lipinski definition) is 0. The first-order chi connectivity index (χ1) is 13.4. The average molecular weight is 404 g/mol. The van der Waals surface area contributed by atoms with E-state index in [1.165, 1.54) is 24.3 Å². The minimum absolute atomic E-state index is 0.0496. The van der Waals surface area contributed by atoms with Crippen LogP contribution in [-0.2, 0) is 9.53 Å². The summed E-state index contributed by atoms with van der Waals surface area (Å²) in [5.41, 5.74) is 0.459. The number of carbonyl (C=O) groups excluding carboxylic acids is 1. The lowest BCUT2D eigenvalue weighted by Gasteiger charge is -2.10. The van der Waals surface area contributed by atoms with Crippen molar-refractivity contribution in [2.45, 2.75) is 13.0 Å². The third-order valence-electron chi connectivity index (χ3n) is 3.59. The maximum atomic E-state index is 11.9. The molecule has 0 saturated carbocycles. The van der Waals surface area contributed by atoms with E-state index in [0.29, 0.717) is 16.3 Å². The van der Waals surface area contributed by atoms with Gasteiger partial charge < -0.3 is 13.9 Å². The quantitative estimate of drug-likeness (QED) is 0.330. The van der Waals surface area contributed by atoms with E-state index in [0.717, 1.165) is 0 Å². The van der Waals surface area contributed by atoms with Gasteiger partial charge >= 0.3 is 5.97 Å². The zero-order valence-corrected chi connectivity index (χ0v) is 15.3. The smallest absolute Gasteiger partial charge is 0.344 e. The fourth-order valence-corrected chi connectivity index (χ4v) is 2.32. The highest BCUT2D eigenvalue weighted by Crippen LogP contribution is 2.24. The summed E-state index contributed by atoms with van der Waals surface area (Å²) in [5, 5.41) is 19.0. The number of aromatic nitrogens is 2. The van der Waals surface area contributed by atoms with Gasteiger partial charge in [0.25, 0.3) is 11.6 Å². The van der Waals surface area contributed by atoms with Gasteiger partial charge in [-0.05, 0) is 43.3 Å². The summed E-state index contributed by atoms with van der Waals surface area (Å²) in [6.45, 7) is 1.28. The van der Waals surface area contributed by atoms with Crippen LogP contribution in [0, 0.1) is 10.1 Å². The van der Waals surface area contributed by atoms with Crippen LogP contribution in [-0.4, -0.2) is 27.7 Å². The molecule has 0 bridgehead atoms. The van der Waals surface area contributed by atoms with Crippen LogP contribution < -0.4 is 4.74 Å². The van der Waals surface area contributed by atoms with Gasteiger partial charge in [0.1, 0.15) is 5.75 Å². The molecule has 0 saturated heterocycles. The minimum Gasteiger partial charge on any atom is -0.482 e. The van der Waals surface area contributed by atoms with E-state index in [2.05, 4.69) is 10.2 Å². The molecule has 9 nitrogen and oxygen atoms in total. The average Bonchev–Trinajstić information content (AvgIpc) is 3.18. The zero-order valence-electron chi connectivity index (χ0n) is 14.6. The van der Waals surface area contributed by atoms with Crippen molar-refractivity contribution in [3.05, 3.63) is 69.6 Å². The summed E-state index contributed by atoms with van der Waals surface area (Å²) in [6.07, 6.45) is -0.791. The Kier molecular flexibility index (Phi) is 5.85. The lowest BCUT2D eigenvalue weighted by molar-refractivity contribution is -0.384. The summed E-state index contributed by atoms with van der Waals surface area (Å²) >= 11 is 5.78. The van der Waals surface area contributed by atoms with Crippen molar-refractivity contribution >= 4 is 23.3 Å². The molecule has 0 N–H and O–H groups in total. The first kappa shape index (κ1) is 19.3. The van der Waals surface area contributed by atoms with Crippen molar-refractivity contribution in [3.63, 3.8) is 0 Å². The number of nitro benzene ring substituents is 1. The first-order valence-electron chi connectivity index (χ1n) is 8.08. The molecule has 3 aromatic rings. The van der Waals surface area contributed by atoms with Gasteiger partial charge in [0, 0.05) is 22.7 Å². The zero-order chi connectivity index (χ0) is 20.1. The number of nitrogens with zero attached hydrogens (tertiary/aromatic N) is 3. The van der Waals surface area contributed by atoms with Crippen molar-refractivity contribution < 1.29 is 23.6 Å². The van der Waals surface area contributed by atoms with E-state index in [4.69, 9.17) is 25.5 Å². The van der Waals surface area contributed by atoms with Crippen LogP contribution >= 0.6 is 11.6 Å². The third-order valence-corrected chi connectivity index (χ3v) is 3.84. The molecule has 0 aliphatic rings. The molecular formula is C18H14ClN3O6. The summed E-state index contributed by atoms with van der Waals surface area (Å²) in [7, 11) is 0. The van der Waals surface area contributed by atoms with Crippen LogP contribution in [0.15, 0.2) is 52.9 Å². The molecule has 3 rings (SSSR count). The number of hydrogen-bond acceptors (Lipinski definition) is 8. The second-order valence-electron chi connectivity index (χ2n) is 5.62. The Balaban J connectivity index is 1.57. The van der Waals surface area contributed by atoms with Gasteiger partial charge in [-0.3, -0.25) is 10.1 Å². The molecule has 0 aliphatic carbocycles. The molecule has 0 unspecified atom stereocenters. The molecule has 144 valence electrons. The van der Waals surface area contributed by atoms with Crippen LogP contribution in [0.5, 0.6) is 5.75 Å². The minimum atomic E-state index is -0.791. The summed E-state index contributed by atoms with van der Waals surface area (Å²) < 4.78 is 16.0. The normalized spacial score (nSPS) is 11.6. The van der Waals surface area contributed by atoms with Crippen molar-refractivity contribution in [1.29, 1.82) is 0 Å². The first-order valence-corrected chi connectivity index (χ1v) is 8.46. The van der Waals surface area contributed by atoms with Crippen LogP contribution in [0.3, 0.4) is 0 Å². The fourth-order valence-electron chi connectivity index (χ4n) is 2.20. The maximum absolute atomic E-state index is 11.9. The SMILES string of the molecule is C[C@@H](OC(=O)COc1ccc(Cl)cc1)c1nnc(-c2ccc([N+](=O)[O-])cc2)o1. The number of halogens is 1. The second-order valence-corrected chi connectivity index (χ2v) is 6.06. The molecule has 0 fully saturated rings. The van der Waals surface area contributed by atoms with Gasteiger partial charge in [0.15, 0.2) is 12.7 Å². The third kappa shape index (κ3) is 4.83. The van der Waals surface area contributed by atoms with Gasteiger partial charge in [-0.2, -0.15) is 0 Å². The van der Waals surface area contributed by atoms with Crippen LogP contribution in [0.4, 0.5) is 5.69 Å². The number of benzene rings is 2. The molecule has 0 radical (unpaired) electrons. The maximum Gasteiger partial charge on any atom is 0.344 e. The van der Waals surface area contributed by atoms with E-state index >= 15 is 0 Å². The number of carbonyl (C=O) groups is 1. The largest absolute Gasteiger partial charge is 0.482 e. The molecule has 0 amide bonds. The summed E-state index contributed by atoms with van der Waals surface area (Å²) in [6, 6.07) is 12.2. The van der Waals surface area contributed by atoms with Crippen LogP contribution in [0.2, 0.25) is 5.02 Å². The Morgan fingerprint density at radius 2 is 1.86 bits per heavy atom. The predicted molar refractivity (Wildman–Crippen MR) is 97.8 cm³/mol. The standard InChI is InChI=1S/C18H14ClN3O6/c1-11(27-16(23)10-26-15-8-4-13(19)5-9-15)17-20-21-18(28-17)12-2-6-14(7-3-12)22(24)25/h2-9,11H,10H2,1H3/t11-/m1/s1. The highest BCUT2D eigenvalue weighted by atomic mass is 35.5. The highest BCUT2D eigenvalue weighted by molar-refractivity contribution is 6.30. The topological polar surface area (TPSA) is 118 Å². The Morgan fingerprint density at radius 1 is 1.18 bits per heavy atom. The number of esters is 1. The van der Waals surface area contributed by atoms with Gasteiger partial charge in [-0.15, -0.1) is 10.2 Å². The molecular weight excluding hydrogens is 390 g/mol. The lowest BCUT2D eigenvalue weighted by atomic mass is 10.2.